The fourth-order valence-corrected chi connectivity index (χ4v) is 6.05. The number of imide groups is 1. The van der Waals surface area contributed by atoms with Crippen molar-refractivity contribution >= 4 is 17.7 Å². The first-order chi connectivity index (χ1) is 16.5. The maximum Gasteiger partial charge on any atom is 0.255 e. The smallest absolute Gasteiger partial charge is 0.255 e. The third-order valence-electron chi connectivity index (χ3n) is 8.14. The lowest BCUT2D eigenvalue weighted by Crippen LogP contribution is -2.52. The highest BCUT2D eigenvalue weighted by atomic mass is 16.5. The second kappa shape index (κ2) is 9.66. The Morgan fingerprint density at radius 3 is 2.74 bits per heavy atom. The number of hydrogen-bond acceptors (Lipinski definition) is 6. The van der Waals surface area contributed by atoms with E-state index in [0.717, 1.165) is 49.8 Å². The fourth-order valence-electron chi connectivity index (χ4n) is 6.05. The van der Waals surface area contributed by atoms with Gasteiger partial charge >= 0.3 is 0 Å². The highest BCUT2D eigenvalue weighted by molar-refractivity contribution is 6.05. The van der Waals surface area contributed by atoms with Crippen LogP contribution >= 0.6 is 0 Å². The van der Waals surface area contributed by atoms with Crippen LogP contribution in [0.1, 0.15) is 74.2 Å². The molecule has 4 aliphatic rings. The van der Waals surface area contributed by atoms with Gasteiger partial charge in [-0.25, -0.2) is 0 Å². The van der Waals surface area contributed by atoms with Crippen molar-refractivity contribution in [1.82, 2.24) is 15.5 Å². The van der Waals surface area contributed by atoms with E-state index in [0.29, 0.717) is 42.6 Å². The topological polar surface area (TPSA) is 97.0 Å². The van der Waals surface area contributed by atoms with Crippen LogP contribution in [0.2, 0.25) is 0 Å². The highest BCUT2D eigenvalue weighted by Crippen LogP contribution is 2.36. The van der Waals surface area contributed by atoms with Gasteiger partial charge in [-0.1, -0.05) is 6.92 Å². The Morgan fingerprint density at radius 1 is 1.18 bits per heavy atom. The average molecular weight is 470 g/mol. The SMILES string of the molecule is CC[C@H](N[C@H]1CCC[C@@H]1Oc1ccc2c(c1)CN(C1CCC(=O)NC1=O)C2=O)C1CC(OC)C1. The van der Waals surface area contributed by atoms with Gasteiger partial charge in [0, 0.05) is 37.7 Å². The number of ether oxygens (including phenoxy) is 2. The lowest BCUT2D eigenvalue weighted by molar-refractivity contribution is -0.136. The minimum absolute atomic E-state index is 0.105. The van der Waals surface area contributed by atoms with E-state index in [1.165, 1.54) is 0 Å². The quantitative estimate of drug-likeness (QED) is 0.568. The van der Waals surface area contributed by atoms with Gasteiger partial charge in [-0.15, -0.1) is 0 Å². The number of fused-ring (bicyclic) bond motifs is 1. The molecule has 4 atom stereocenters. The Kier molecular flexibility index (Phi) is 6.62. The van der Waals surface area contributed by atoms with Crippen molar-refractivity contribution in [3.63, 3.8) is 0 Å². The van der Waals surface area contributed by atoms with Crippen molar-refractivity contribution in [2.45, 2.75) is 95.2 Å². The van der Waals surface area contributed by atoms with Crippen LogP contribution in [-0.2, 0) is 20.9 Å². The number of hydrogen-bond donors (Lipinski definition) is 2. The largest absolute Gasteiger partial charge is 0.489 e. The number of amides is 3. The summed E-state index contributed by atoms with van der Waals surface area (Å²) >= 11 is 0. The normalized spacial score (nSPS) is 31.8. The molecule has 1 aromatic carbocycles. The summed E-state index contributed by atoms with van der Waals surface area (Å²) in [5.41, 5.74) is 1.49. The van der Waals surface area contributed by atoms with Gasteiger partial charge in [-0.2, -0.15) is 0 Å². The van der Waals surface area contributed by atoms with Crippen LogP contribution in [0.3, 0.4) is 0 Å². The van der Waals surface area contributed by atoms with Crippen molar-refractivity contribution in [2.75, 3.05) is 7.11 Å². The van der Waals surface area contributed by atoms with Crippen molar-refractivity contribution < 1.29 is 23.9 Å². The molecule has 0 aromatic heterocycles. The van der Waals surface area contributed by atoms with E-state index < -0.39 is 6.04 Å². The minimum atomic E-state index is -0.597. The van der Waals surface area contributed by atoms with E-state index in [4.69, 9.17) is 9.47 Å². The second-order valence-electron chi connectivity index (χ2n) is 10.2. The summed E-state index contributed by atoms with van der Waals surface area (Å²) in [6.07, 6.45) is 7.75. The lowest BCUT2D eigenvalue weighted by Gasteiger charge is -2.41. The first-order valence-electron chi connectivity index (χ1n) is 12.7. The molecule has 2 aliphatic heterocycles. The summed E-state index contributed by atoms with van der Waals surface area (Å²) in [5, 5.41) is 6.24. The molecule has 2 saturated carbocycles. The van der Waals surface area contributed by atoms with Gasteiger partial charge in [0.15, 0.2) is 0 Å². The number of benzene rings is 1. The van der Waals surface area contributed by atoms with Crippen LogP contribution in [0.5, 0.6) is 5.75 Å². The summed E-state index contributed by atoms with van der Waals surface area (Å²) < 4.78 is 11.9. The molecule has 1 saturated heterocycles. The average Bonchev–Trinajstić information content (AvgIpc) is 3.36. The van der Waals surface area contributed by atoms with Crippen molar-refractivity contribution in [2.24, 2.45) is 5.92 Å². The standard InChI is InChI=1S/C26H35N3O5/c1-3-20(15-11-18(12-15)33-2)27-21-5-4-6-23(21)34-17-7-8-19-16(13-17)14-29(26(19)32)22-9-10-24(30)28-25(22)31/h7-8,13,15,18,20-23,27H,3-6,9-12,14H2,1-2H3,(H,28,30,31)/t15?,18?,20-,21-,22?,23-/m0/s1. The van der Waals surface area contributed by atoms with Gasteiger partial charge in [-0.05, 0) is 74.6 Å². The minimum Gasteiger partial charge on any atom is -0.489 e. The number of nitrogens with zero attached hydrogens (tertiary/aromatic N) is 1. The summed E-state index contributed by atoms with van der Waals surface area (Å²) in [6.45, 7) is 2.61. The molecule has 2 heterocycles. The number of nitrogens with one attached hydrogen (secondary N) is 2. The number of rotatable bonds is 8. The van der Waals surface area contributed by atoms with Gasteiger partial charge in [-0.3, -0.25) is 19.7 Å². The van der Waals surface area contributed by atoms with E-state index in [9.17, 15) is 14.4 Å². The molecule has 8 heteroatoms. The molecule has 3 fully saturated rings. The second-order valence-corrected chi connectivity index (χ2v) is 10.2. The molecule has 3 amide bonds. The Labute approximate surface area is 200 Å². The van der Waals surface area contributed by atoms with Crippen LogP contribution in [0.25, 0.3) is 0 Å². The summed E-state index contributed by atoms with van der Waals surface area (Å²) in [4.78, 5) is 38.3. The Balaban J connectivity index is 1.22. The number of methoxy groups -OCH3 is 1. The Morgan fingerprint density at radius 2 is 2.00 bits per heavy atom. The van der Waals surface area contributed by atoms with E-state index in [1.807, 2.05) is 18.2 Å². The van der Waals surface area contributed by atoms with Crippen LogP contribution in [0.4, 0.5) is 0 Å². The maximum atomic E-state index is 12.9. The van der Waals surface area contributed by atoms with Gasteiger partial charge in [0.05, 0.1) is 6.10 Å². The Hall–Kier alpha value is -2.45. The third-order valence-corrected chi connectivity index (χ3v) is 8.14. The van der Waals surface area contributed by atoms with E-state index in [2.05, 4.69) is 17.6 Å². The van der Waals surface area contributed by atoms with Gasteiger partial charge in [0.1, 0.15) is 17.9 Å². The molecule has 2 N–H and O–H groups in total. The van der Waals surface area contributed by atoms with Crippen LogP contribution in [-0.4, -0.2) is 60.1 Å². The maximum absolute atomic E-state index is 12.9. The van der Waals surface area contributed by atoms with Crippen molar-refractivity contribution in [1.29, 1.82) is 0 Å². The Bertz CT molecular complexity index is 960. The monoisotopic (exact) mass is 469 g/mol. The van der Waals surface area contributed by atoms with Crippen molar-refractivity contribution in [3.05, 3.63) is 29.3 Å². The number of carbonyl (C=O) groups is 3. The van der Waals surface area contributed by atoms with Gasteiger partial charge in [0.2, 0.25) is 11.8 Å². The molecule has 5 rings (SSSR count). The summed E-state index contributed by atoms with van der Waals surface area (Å²) in [5.74, 6) is 0.619. The fraction of sp³-hybridized carbons (Fsp3) is 0.654. The molecule has 1 aromatic rings. The van der Waals surface area contributed by atoms with Gasteiger partial charge in [0.25, 0.3) is 5.91 Å². The van der Waals surface area contributed by atoms with E-state index >= 15 is 0 Å². The first kappa shape index (κ1) is 23.3. The number of piperidine rings is 1. The zero-order valence-electron chi connectivity index (χ0n) is 20.0. The number of carbonyl (C=O) groups excluding carboxylic acids is 3. The van der Waals surface area contributed by atoms with Crippen LogP contribution < -0.4 is 15.4 Å². The molecule has 1 unspecified atom stereocenters. The van der Waals surface area contributed by atoms with Crippen LogP contribution in [0, 0.1) is 5.92 Å². The predicted octanol–water partition coefficient (Wildman–Crippen LogP) is 2.54. The zero-order chi connectivity index (χ0) is 23.8. The molecule has 0 spiro atoms. The van der Waals surface area contributed by atoms with Gasteiger partial charge < -0.3 is 19.7 Å². The highest BCUT2D eigenvalue weighted by Gasteiger charge is 2.40. The predicted molar refractivity (Wildman–Crippen MR) is 125 cm³/mol. The molecular weight excluding hydrogens is 434 g/mol. The molecule has 0 radical (unpaired) electrons. The zero-order valence-corrected chi connectivity index (χ0v) is 20.0. The van der Waals surface area contributed by atoms with E-state index in [-0.39, 0.29) is 30.2 Å². The molecule has 0 bridgehead atoms. The summed E-state index contributed by atoms with van der Waals surface area (Å²) in [6, 6.07) is 5.83. The summed E-state index contributed by atoms with van der Waals surface area (Å²) in [7, 11) is 1.80. The van der Waals surface area contributed by atoms with Crippen molar-refractivity contribution in [3.8, 4) is 5.75 Å². The molecular formula is C26H35N3O5. The third kappa shape index (κ3) is 4.45. The molecule has 34 heavy (non-hydrogen) atoms. The van der Waals surface area contributed by atoms with E-state index in [1.54, 1.807) is 12.0 Å². The molecule has 8 nitrogen and oxygen atoms in total. The first-order valence-corrected chi connectivity index (χ1v) is 12.7. The lowest BCUT2D eigenvalue weighted by atomic mass is 9.76. The van der Waals surface area contributed by atoms with Crippen LogP contribution in [0.15, 0.2) is 18.2 Å². The molecule has 2 aliphatic carbocycles. The molecule has 184 valence electrons.